The van der Waals surface area contributed by atoms with E-state index in [0.29, 0.717) is 6.04 Å². The van der Waals surface area contributed by atoms with Gasteiger partial charge in [0.2, 0.25) is 5.91 Å². The highest BCUT2D eigenvalue weighted by atomic mass is 16.2. The number of hydrogen-bond acceptors (Lipinski definition) is 2. The van der Waals surface area contributed by atoms with E-state index >= 15 is 0 Å². The molecule has 3 heteroatoms. The van der Waals surface area contributed by atoms with E-state index in [2.05, 4.69) is 10.6 Å². The lowest BCUT2D eigenvalue weighted by molar-refractivity contribution is -0.128. The summed E-state index contributed by atoms with van der Waals surface area (Å²) in [5.74, 6) is 0.135. The van der Waals surface area contributed by atoms with Crippen molar-refractivity contribution in [2.75, 3.05) is 13.1 Å². The normalized spacial score (nSPS) is 18.1. The van der Waals surface area contributed by atoms with E-state index in [4.69, 9.17) is 0 Å². The van der Waals surface area contributed by atoms with Gasteiger partial charge in [0.1, 0.15) is 0 Å². The van der Waals surface area contributed by atoms with Gasteiger partial charge in [-0.2, -0.15) is 0 Å². The first-order valence-corrected chi connectivity index (χ1v) is 6.02. The maximum atomic E-state index is 11.5. The first kappa shape index (κ1) is 12.5. The van der Waals surface area contributed by atoms with Crippen molar-refractivity contribution in [3.05, 3.63) is 0 Å². The topological polar surface area (TPSA) is 41.1 Å². The first-order chi connectivity index (χ1) is 7.00. The molecule has 0 aromatic heterocycles. The van der Waals surface area contributed by atoms with E-state index in [1.165, 1.54) is 25.7 Å². The van der Waals surface area contributed by atoms with Crippen LogP contribution in [-0.2, 0) is 4.79 Å². The molecule has 0 atom stereocenters. The van der Waals surface area contributed by atoms with Crippen LogP contribution in [0.25, 0.3) is 0 Å². The molecular weight excluding hydrogens is 188 g/mol. The van der Waals surface area contributed by atoms with Crippen molar-refractivity contribution in [3.8, 4) is 0 Å². The summed E-state index contributed by atoms with van der Waals surface area (Å²) in [7, 11) is 0. The average Bonchev–Trinajstić information content (AvgIpc) is 2.63. The summed E-state index contributed by atoms with van der Waals surface area (Å²) in [6.07, 6.45) is 5.30. The van der Waals surface area contributed by atoms with Crippen LogP contribution in [0.3, 0.4) is 0 Å². The molecule has 0 radical (unpaired) electrons. The molecule has 0 saturated heterocycles. The number of carbonyl (C=O) groups is 1. The Balaban J connectivity index is 2.03. The third-order valence-electron chi connectivity index (χ3n) is 2.88. The summed E-state index contributed by atoms with van der Waals surface area (Å²) in [5.41, 5.74) is -0.270. The molecule has 1 rings (SSSR count). The fourth-order valence-electron chi connectivity index (χ4n) is 1.85. The second-order valence-electron chi connectivity index (χ2n) is 5.44. The highest BCUT2D eigenvalue weighted by molar-refractivity contribution is 5.81. The van der Waals surface area contributed by atoms with E-state index in [-0.39, 0.29) is 11.3 Å². The molecule has 0 aliphatic heterocycles. The summed E-state index contributed by atoms with van der Waals surface area (Å²) in [5, 5.41) is 6.42. The Kier molecular flexibility index (Phi) is 4.58. The minimum Gasteiger partial charge on any atom is -0.354 e. The van der Waals surface area contributed by atoms with Crippen LogP contribution in [0.2, 0.25) is 0 Å². The number of rotatable bonds is 4. The molecule has 3 nitrogen and oxygen atoms in total. The summed E-state index contributed by atoms with van der Waals surface area (Å²) in [6.45, 7) is 7.45. The van der Waals surface area contributed by atoms with Crippen LogP contribution in [0.5, 0.6) is 0 Å². The molecule has 0 aromatic rings. The zero-order chi connectivity index (χ0) is 11.3. The van der Waals surface area contributed by atoms with Gasteiger partial charge in [0.05, 0.1) is 0 Å². The standard InChI is InChI=1S/C12H24N2O/c1-12(2,3)11(15)14-9-8-13-10-6-4-5-7-10/h10,13H,4-9H2,1-3H3,(H,14,15). The third kappa shape index (κ3) is 4.65. The summed E-state index contributed by atoms with van der Waals surface area (Å²) >= 11 is 0. The van der Waals surface area contributed by atoms with Crippen molar-refractivity contribution >= 4 is 5.91 Å². The van der Waals surface area contributed by atoms with Crippen molar-refractivity contribution in [2.24, 2.45) is 5.41 Å². The fourth-order valence-corrected chi connectivity index (χ4v) is 1.85. The lowest BCUT2D eigenvalue weighted by Gasteiger charge is -2.18. The summed E-state index contributed by atoms with van der Waals surface area (Å²) < 4.78 is 0. The zero-order valence-electron chi connectivity index (χ0n) is 10.2. The highest BCUT2D eigenvalue weighted by Gasteiger charge is 2.20. The number of carbonyl (C=O) groups excluding carboxylic acids is 1. The predicted octanol–water partition coefficient (Wildman–Crippen LogP) is 1.68. The monoisotopic (exact) mass is 212 g/mol. The predicted molar refractivity (Wildman–Crippen MR) is 62.7 cm³/mol. The number of hydrogen-bond donors (Lipinski definition) is 2. The largest absolute Gasteiger partial charge is 0.354 e. The quantitative estimate of drug-likeness (QED) is 0.696. The van der Waals surface area contributed by atoms with E-state index in [0.717, 1.165) is 13.1 Å². The maximum Gasteiger partial charge on any atom is 0.225 e. The van der Waals surface area contributed by atoms with E-state index in [1.54, 1.807) is 0 Å². The van der Waals surface area contributed by atoms with Gasteiger partial charge in [0.25, 0.3) is 0 Å². The molecule has 0 unspecified atom stereocenters. The number of nitrogens with one attached hydrogen (secondary N) is 2. The van der Waals surface area contributed by atoms with Gasteiger partial charge in [-0.15, -0.1) is 0 Å². The van der Waals surface area contributed by atoms with Crippen molar-refractivity contribution < 1.29 is 4.79 Å². The molecule has 0 bridgehead atoms. The van der Waals surface area contributed by atoms with E-state index in [9.17, 15) is 4.79 Å². The van der Waals surface area contributed by atoms with Gasteiger partial charge in [-0.25, -0.2) is 0 Å². The molecule has 1 saturated carbocycles. The molecule has 2 N–H and O–H groups in total. The molecular formula is C12H24N2O. The minimum atomic E-state index is -0.270. The average molecular weight is 212 g/mol. The molecule has 15 heavy (non-hydrogen) atoms. The SMILES string of the molecule is CC(C)(C)C(=O)NCCNC1CCCC1. The minimum absolute atomic E-state index is 0.135. The van der Waals surface area contributed by atoms with Gasteiger partial charge < -0.3 is 10.6 Å². The second-order valence-corrected chi connectivity index (χ2v) is 5.44. The molecule has 1 amide bonds. The Bertz CT molecular complexity index is 202. The van der Waals surface area contributed by atoms with Crippen LogP contribution in [0, 0.1) is 5.41 Å². The maximum absolute atomic E-state index is 11.5. The Labute approximate surface area is 93.0 Å². The van der Waals surface area contributed by atoms with Gasteiger partial charge >= 0.3 is 0 Å². The Morgan fingerprint density at radius 1 is 1.20 bits per heavy atom. The molecule has 0 aromatic carbocycles. The summed E-state index contributed by atoms with van der Waals surface area (Å²) in [6, 6.07) is 0.691. The highest BCUT2D eigenvalue weighted by Crippen LogP contribution is 2.17. The molecule has 1 fully saturated rings. The Hall–Kier alpha value is -0.570. The zero-order valence-corrected chi connectivity index (χ0v) is 10.2. The van der Waals surface area contributed by atoms with Gasteiger partial charge in [-0.1, -0.05) is 33.6 Å². The van der Waals surface area contributed by atoms with Crippen LogP contribution in [0.1, 0.15) is 46.5 Å². The van der Waals surface area contributed by atoms with Crippen LogP contribution < -0.4 is 10.6 Å². The van der Waals surface area contributed by atoms with Crippen LogP contribution in [0.4, 0.5) is 0 Å². The first-order valence-electron chi connectivity index (χ1n) is 6.02. The van der Waals surface area contributed by atoms with Gasteiger partial charge in [-0.3, -0.25) is 4.79 Å². The van der Waals surface area contributed by atoms with Crippen molar-refractivity contribution in [3.63, 3.8) is 0 Å². The molecule has 88 valence electrons. The lowest BCUT2D eigenvalue weighted by atomic mass is 9.96. The van der Waals surface area contributed by atoms with Crippen molar-refractivity contribution in [1.82, 2.24) is 10.6 Å². The van der Waals surface area contributed by atoms with E-state index < -0.39 is 0 Å². The summed E-state index contributed by atoms with van der Waals surface area (Å²) in [4.78, 5) is 11.5. The Morgan fingerprint density at radius 2 is 1.80 bits per heavy atom. The number of amides is 1. The lowest BCUT2D eigenvalue weighted by Crippen LogP contribution is -2.40. The Morgan fingerprint density at radius 3 is 2.33 bits per heavy atom. The van der Waals surface area contributed by atoms with Crippen molar-refractivity contribution in [2.45, 2.75) is 52.5 Å². The smallest absolute Gasteiger partial charge is 0.225 e. The fraction of sp³-hybridized carbons (Fsp3) is 0.917. The second kappa shape index (κ2) is 5.50. The van der Waals surface area contributed by atoms with Gasteiger partial charge in [-0.05, 0) is 12.8 Å². The van der Waals surface area contributed by atoms with Gasteiger partial charge in [0, 0.05) is 24.5 Å². The molecule has 0 heterocycles. The van der Waals surface area contributed by atoms with Crippen LogP contribution in [-0.4, -0.2) is 25.0 Å². The molecule has 0 spiro atoms. The van der Waals surface area contributed by atoms with Crippen LogP contribution in [0.15, 0.2) is 0 Å². The van der Waals surface area contributed by atoms with E-state index in [1.807, 2.05) is 20.8 Å². The van der Waals surface area contributed by atoms with Crippen LogP contribution >= 0.6 is 0 Å². The molecule has 1 aliphatic carbocycles. The van der Waals surface area contributed by atoms with Crippen molar-refractivity contribution in [1.29, 1.82) is 0 Å². The molecule has 1 aliphatic rings. The van der Waals surface area contributed by atoms with Gasteiger partial charge in [0.15, 0.2) is 0 Å². The third-order valence-corrected chi connectivity index (χ3v) is 2.88.